The number of thiazole rings is 1. The van der Waals surface area contributed by atoms with E-state index in [1.54, 1.807) is 35.5 Å². The normalized spacial score (nSPS) is 15.6. The Balaban J connectivity index is 0.762. The number of fused-ring (bicyclic) bond motifs is 3. The van der Waals surface area contributed by atoms with Crippen LogP contribution in [-0.4, -0.2) is 138 Å². The third kappa shape index (κ3) is 14.3. The fraction of sp³-hybridized carbons (Fsp3) is 0.442. The van der Waals surface area contributed by atoms with Gasteiger partial charge in [-0.15, -0.1) is 21.5 Å². The lowest BCUT2D eigenvalue weighted by molar-refractivity contribution is -0.143. The van der Waals surface area contributed by atoms with Crippen molar-refractivity contribution in [2.45, 2.75) is 78.6 Å². The molecule has 1 saturated heterocycles. The standard InChI is InChI=1S/C52H63ClN10O9S/c1-32-47(73-31-57-32)36-11-9-34(10-12-36)28-56-50(67)42-8-7-20-62(42)51(68)48(52(3,4)5)59-44(65)29-55-45(66)30-72-25-24-71-23-22-70-21-19-54-43(64)27-40-49-61-60-33(2)63(49)41-18-17-38(69-6)26-39(41)46(58-40)35-13-15-37(53)16-14-35/h9-18,26,31,40,42,48H,7-8,19-25,27-30H2,1-6H3,(H,54,64)(H,55,66)(H,56,67)(H,59,65)/t40?,42-,48?/m0/s1. The average molecular weight is 1040 g/mol. The van der Waals surface area contributed by atoms with E-state index in [0.717, 1.165) is 38.5 Å². The molecule has 4 N–H and O–H groups in total. The molecule has 0 bridgehead atoms. The summed E-state index contributed by atoms with van der Waals surface area (Å²) in [6.45, 7) is 10.7. The Bertz CT molecular complexity index is 2760. The van der Waals surface area contributed by atoms with Gasteiger partial charge in [0.15, 0.2) is 5.82 Å². The SMILES string of the molecule is COc1ccc2c(c1)C(c1ccc(Cl)cc1)=NC(CC(=O)NCCOCCOCCOCC(=O)NCC(=O)NC(C(=O)N1CCC[C@H]1C(=O)NCc1ccc(-c3scnc3C)cc1)C(C)(C)C)c1nnc(C)n1-2. The van der Waals surface area contributed by atoms with Crippen LogP contribution in [0.15, 0.2) is 77.2 Å². The lowest BCUT2D eigenvalue weighted by Crippen LogP contribution is -2.58. The van der Waals surface area contributed by atoms with Gasteiger partial charge in [-0.25, -0.2) is 4.98 Å². The lowest BCUT2D eigenvalue weighted by Gasteiger charge is -2.35. The van der Waals surface area contributed by atoms with E-state index in [9.17, 15) is 24.0 Å². The maximum absolute atomic E-state index is 13.9. The summed E-state index contributed by atoms with van der Waals surface area (Å²) < 4.78 is 24.1. The highest BCUT2D eigenvalue weighted by molar-refractivity contribution is 7.13. The van der Waals surface area contributed by atoms with Crippen molar-refractivity contribution >= 4 is 58.2 Å². The molecule has 2 aliphatic heterocycles. The molecule has 1 fully saturated rings. The van der Waals surface area contributed by atoms with E-state index < -0.39 is 35.4 Å². The fourth-order valence-electron chi connectivity index (χ4n) is 8.51. The van der Waals surface area contributed by atoms with Crippen LogP contribution in [0.3, 0.4) is 0 Å². The van der Waals surface area contributed by atoms with Gasteiger partial charge in [0.2, 0.25) is 29.5 Å². The third-order valence-electron chi connectivity index (χ3n) is 12.3. The summed E-state index contributed by atoms with van der Waals surface area (Å²) >= 11 is 7.80. The number of aliphatic imine (C=N–C) groups is 1. The molecule has 19 nitrogen and oxygen atoms in total. The Morgan fingerprint density at radius 1 is 0.836 bits per heavy atom. The van der Waals surface area contributed by atoms with Crippen LogP contribution in [-0.2, 0) is 44.7 Å². The third-order valence-corrected chi connectivity index (χ3v) is 13.5. The number of likely N-dealkylation sites (tertiary alicyclic amines) is 1. The molecule has 3 atom stereocenters. The van der Waals surface area contributed by atoms with Crippen LogP contribution >= 0.6 is 22.9 Å². The number of halogens is 1. The van der Waals surface area contributed by atoms with E-state index in [-0.39, 0.29) is 76.9 Å². The Morgan fingerprint density at radius 3 is 2.25 bits per heavy atom. The zero-order chi connectivity index (χ0) is 52.1. The number of nitrogens with one attached hydrogen (secondary N) is 4. The zero-order valence-corrected chi connectivity index (χ0v) is 43.6. The molecule has 0 aliphatic carbocycles. The smallest absolute Gasteiger partial charge is 0.246 e. The van der Waals surface area contributed by atoms with Gasteiger partial charge >= 0.3 is 0 Å². The van der Waals surface area contributed by atoms with Crippen LogP contribution in [0.1, 0.15) is 80.1 Å². The summed E-state index contributed by atoms with van der Waals surface area (Å²) in [6.07, 6.45) is 1.18. The molecule has 5 amide bonds. The van der Waals surface area contributed by atoms with Crippen LogP contribution in [0.5, 0.6) is 5.75 Å². The number of ether oxygens (including phenoxy) is 4. The van der Waals surface area contributed by atoms with Gasteiger partial charge < -0.3 is 45.1 Å². The molecule has 2 aromatic heterocycles. The molecular weight excluding hydrogens is 976 g/mol. The van der Waals surface area contributed by atoms with Gasteiger partial charge in [0.25, 0.3) is 0 Å². The number of aryl methyl sites for hydroxylation is 2. The molecule has 388 valence electrons. The number of benzene rings is 3. The van der Waals surface area contributed by atoms with Crippen molar-refractivity contribution < 1.29 is 42.9 Å². The van der Waals surface area contributed by atoms with Crippen LogP contribution in [0.4, 0.5) is 0 Å². The van der Waals surface area contributed by atoms with Gasteiger partial charge in [0.05, 0.1) is 80.6 Å². The summed E-state index contributed by atoms with van der Waals surface area (Å²) in [4.78, 5) is 78.2. The number of aromatic nitrogens is 4. The molecule has 2 aliphatic rings. The van der Waals surface area contributed by atoms with Crippen molar-refractivity contribution in [3.63, 3.8) is 0 Å². The minimum Gasteiger partial charge on any atom is -0.497 e. The molecule has 0 radical (unpaired) electrons. The number of hydrogen-bond acceptors (Lipinski definition) is 14. The van der Waals surface area contributed by atoms with Gasteiger partial charge in [0.1, 0.15) is 36.3 Å². The van der Waals surface area contributed by atoms with Gasteiger partial charge in [-0.05, 0) is 73.6 Å². The molecule has 7 rings (SSSR count). The predicted octanol–water partition coefficient (Wildman–Crippen LogP) is 5.07. The van der Waals surface area contributed by atoms with E-state index in [2.05, 4.69) is 36.4 Å². The monoisotopic (exact) mass is 1040 g/mol. The molecule has 2 unspecified atom stereocenters. The van der Waals surface area contributed by atoms with E-state index in [1.165, 1.54) is 0 Å². The second-order valence-corrected chi connectivity index (χ2v) is 20.0. The topological polar surface area (TPSA) is 230 Å². The van der Waals surface area contributed by atoms with Crippen molar-refractivity contribution in [2.75, 3.05) is 66.4 Å². The molecule has 5 aromatic rings. The predicted molar refractivity (Wildman–Crippen MR) is 276 cm³/mol. The van der Waals surface area contributed by atoms with Gasteiger partial charge in [-0.3, -0.25) is 33.5 Å². The van der Waals surface area contributed by atoms with Crippen LogP contribution in [0, 0.1) is 19.3 Å². The number of rotatable bonds is 23. The molecule has 73 heavy (non-hydrogen) atoms. The van der Waals surface area contributed by atoms with Crippen molar-refractivity contribution in [1.82, 2.24) is 45.9 Å². The van der Waals surface area contributed by atoms with Crippen molar-refractivity contribution in [2.24, 2.45) is 10.4 Å². The first kappa shape index (κ1) is 54.2. The highest BCUT2D eigenvalue weighted by Crippen LogP contribution is 2.35. The Kier molecular flexibility index (Phi) is 18.8. The minimum atomic E-state index is -0.939. The largest absolute Gasteiger partial charge is 0.497 e. The van der Waals surface area contributed by atoms with Crippen molar-refractivity contribution in [1.29, 1.82) is 0 Å². The molecule has 0 saturated carbocycles. The second kappa shape index (κ2) is 25.4. The summed E-state index contributed by atoms with van der Waals surface area (Å²) in [7, 11) is 1.60. The Hall–Kier alpha value is -6.58. The first-order valence-corrected chi connectivity index (χ1v) is 25.4. The fourth-order valence-corrected chi connectivity index (χ4v) is 9.45. The number of hydrogen-bond donors (Lipinski definition) is 4. The number of nitrogens with zero attached hydrogens (tertiary/aromatic N) is 6. The average Bonchev–Trinajstić information content (AvgIpc) is 4.13. The van der Waals surface area contributed by atoms with Gasteiger partial charge in [0, 0.05) is 35.8 Å². The van der Waals surface area contributed by atoms with Crippen LogP contribution < -0.4 is 26.0 Å². The Labute approximate surface area is 433 Å². The summed E-state index contributed by atoms with van der Waals surface area (Å²) in [5.41, 5.74) is 7.19. The highest BCUT2D eigenvalue weighted by Gasteiger charge is 2.42. The van der Waals surface area contributed by atoms with Crippen LogP contribution in [0.25, 0.3) is 16.1 Å². The summed E-state index contributed by atoms with van der Waals surface area (Å²) in [6, 6.07) is 18.8. The van der Waals surface area contributed by atoms with Crippen molar-refractivity contribution in [3.8, 4) is 21.9 Å². The minimum absolute atomic E-state index is 0.0164. The lowest BCUT2D eigenvalue weighted by atomic mass is 9.85. The van der Waals surface area contributed by atoms with E-state index in [4.69, 9.17) is 35.5 Å². The number of amides is 5. The van der Waals surface area contributed by atoms with E-state index in [1.807, 2.05) is 99.3 Å². The number of carbonyl (C=O) groups is 5. The van der Waals surface area contributed by atoms with Crippen LogP contribution in [0.2, 0.25) is 5.02 Å². The zero-order valence-electron chi connectivity index (χ0n) is 42.0. The molecule has 0 spiro atoms. The summed E-state index contributed by atoms with van der Waals surface area (Å²) in [5, 5.41) is 20.5. The Morgan fingerprint density at radius 2 is 1.55 bits per heavy atom. The highest BCUT2D eigenvalue weighted by atomic mass is 35.5. The first-order chi connectivity index (χ1) is 35.1. The van der Waals surface area contributed by atoms with Crippen molar-refractivity contribution in [3.05, 3.63) is 111 Å². The maximum Gasteiger partial charge on any atom is 0.246 e. The van der Waals surface area contributed by atoms with E-state index >= 15 is 0 Å². The first-order valence-electron chi connectivity index (χ1n) is 24.2. The molecule has 21 heteroatoms. The molecule has 3 aromatic carbocycles. The second-order valence-electron chi connectivity index (χ2n) is 18.7. The number of methoxy groups -OCH3 is 1. The van der Waals surface area contributed by atoms with E-state index in [0.29, 0.717) is 54.1 Å². The molecular formula is C52H63ClN10O9S. The molecule has 4 heterocycles. The number of carbonyl (C=O) groups excluding carboxylic acids is 5. The summed E-state index contributed by atoms with van der Waals surface area (Å²) in [5.74, 6) is -0.0624. The van der Waals surface area contributed by atoms with Gasteiger partial charge in [-0.1, -0.05) is 68.8 Å². The quantitative estimate of drug-likeness (QED) is 0.0629. The van der Waals surface area contributed by atoms with Gasteiger partial charge in [-0.2, -0.15) is 0 Å². The maximum atomic E-state index is 13.9.